The third-order valence-electron chi connectivity index (χ3n) is 2.10. The number of hydrogen-bond donors (Lipinski definition) is 1. The molecule has 0 atom stereocenters. The Hall–Kier alpha value is -1.83. The molecule has 0 unspecified atom stereocenters. The Labute approximate surface area is 109 Å². The van der Waals surface area contributed by atoms with Gasteiger partial charge in [-0.2, -0.15) is 13.2 Å². The van der Waals surface area contributed by atoms with Crippen molar-refractivity contribution in [1.82, 2.24) is 10.2 Å². The van der Waals surface area contributed by atoms with Crippen LogP contribution in [0.1, 0.15) is 11.5 Å². The van der Waals surface area contributed by atoms with Gasteiger partial charge in [-0.15, -0.1) is 16.7 Å². The van der Waals surface area contributed by atoms with Gasteiger partial charge < -0.3 is 9.73 Å². The first kappa shape index (κ1) is 13.6. The molecule has 2 aromatic rings. The highest BCUT2D eigenvalue weighted by molar-refractivity contribution is 6.16. The number of benzene rings is 1. The third kappa shape index (κ3) is 3.14. The zero-order chi connectivity index (χ0) is 14.0. The van der Waals surface area contributed by atoms with Crippen LogP contribution in [0.2, 0.25) is 0 Å². The molecule has 0 bridgehead atoms. The molecule has 102 valence electrons. The number of halogens is 5. The predicted octanol–water partition coefficient (Wildman–Crippen LogP) is 3.71. The highest BCUT2D eigenvalue weighted by Crippen LogP contribution is 2.33. The summed E-state index contributed by atoms with van der Waals surface area (Å²) in [6, 6.07) is 2.30. The Morgan fingerprint density at radius 1 is 1.26 bits per heavy atom. The first-order chi connectivity index (χ1) is 8.90. The van der Waals surface area contributed by atoms with Crippen molar-refractivity contribution in [2.45, 2.75) is 12.1 Å². The van der Waals surface area contributed by atoms with Gasteiger partial charge in [-0.25, -0.2) is 4.39 Å². The summed E-state index contributed by atoms with van der Waals surface area (Å²) in [4.78, 5) is 0. The van der Waals surface area contributed by atoms with Crippen LogP contribution in [0.4, 0.5) is 29.3 Å². The average molecular weight is 296 g/mol. The number of anilines is 2. The number of rotatable bonds is 3. The van der Waals surface area contributed by atoms with Gasteiger partial charge in [-0.3, -0.25) is 0 Å². The summed E-state index contributed by atoms with van der Waals surface area (Å²) in [5, 5.41) is 9.45. The quantitative estimate of drug-likeness (QED) is 0.693. The molecule has 0 fully saturated rings. The molecule has 0 radical (unpaired) electrons. The van der Waals surface area contributed by atoms with E-state index in [-0.39, 0.29) is 23.5 Å². The molecule has 19 heavy (non-hydrogen) atoms. The fraction of sp³-hybridized carbons (Fsp3) is 0.200. The fourth-order valence-corrected chi connectivity index (χ4v) is 1.41. The average Bonchev–Trinajstić information content (AvgIpc) is 2.78. The van der Waals surface area contributed by atoms with Gasteiger partial charge in [0.25, 0.3) is 0 Å². The molecule has 1 aromatic heterocycles. The Kier molecular flexibility index (Phi) is 3.61. The summed E-state index contributed by atoms with van der Waals surface area (Å²) in [5.41, 5.74) is -1.41. The Balaban J connectivity index is 2.26. The second kappa shape index (κ2) is 5.04. The lowest BCUT2D eigenvalue weighted by Crippen LogP contribution is -2.08. The summed E-state index contributed by atoms with van der Waals surface area (Å²) < 4.78 is 55.5. The van der Waals surface area contributed by atoms with Crippen LogP contribution in [0, 0.1) is 5.82 Å². The van der Waals surface area contributed by atoms with Gasteiger partial charge in [0.05, 0.1) is 5.56 Å². The minimum absolute atomic E-state index is 0.0219. The van der Waals surface area contributed by atoms with Crippen molar-refractivity contribution in [1.29, 1.82) is 0 Å². The molecule has 1 heterocycles. The molecule has 0 amide bonds. The lowest BCUT2D eigenvalue weighted by atomic mass is 10.2. The SMILES string of the molecule is Fc1ccc(Nc2nnc(CCl)o2)cc1C(F)(F)F. The number of nitrogens with zero attached hydrogens (tertiary/aromatic N) is 2. The lowest BCUT2D eigenvalue weighted by Gasteiger charge is -2.09. The summed E-state index contributed by atoms with van der Waals surface area (Å²) in [7, 11) is 0. The van der Waals surface area contributed by atoms with E-state index in [1.807, 2.05) is 0 Å². The molecule has 9 heteroatoms. The smallest absolute Gasteiger partial charge is 0.407 e. The van der Waals surface area contributed by atoms with E-state index < -0.39 is 17.6 Å². The van der Waals surface area contributed by atoms with Gasteiger partial charge >= 0.3 is 12.2 Å². The second-order valence-corrected chi connectivity index (χ2v) is 3.72. The van der Waals surface area contributed by atoms with Crippen LogP contribution in [-0.4, -0.2) is 10.2 Å². The van der Waals surface area contributed by atoms with Crippen molar-refractivity contribution >= 4 is 23.3 Å². The zero-order valence-electron chi connectivity index (χ0n) is 9.13. The molecule has 0 saturated carbocycles. The third-order valence-corrected chi connectivity index (χ3v) is 2.33. The standard InChI is InChI=1S/C10H6ClF4N3O/c11-4-8-17-18-9(19-8)16-5-1-2-7(12)6(3-5)10(13,14)15/h1-3H,4H2,(H,16,18). The monoisotopic (exact) mass is 295 g/mol. The zero-order valence-corrected chi connectivity index (χ0v) is 9.89. The maximum atomic E-state index is 13.0. The second-order valence-electron chi connectivity index (χ2n) is 3.45. The van der Waals surface area contributed by atoms with E-state index in [1.165, 1.54) is 0 Å². The fourth-order valence-electron chi connectivity index (χ4n) is 1.30. The highest BCUT2D eigenvalue weighted by Gasteiger charge is 2.34. The van der Waals surface area contributed by atoms with Crippen LogP contribution < -0.4 is 5.32 Å². The van der Waals surface area contributed by atoms with Crippen LogP contribution in [0.25, 0.3) is 0 Å². The van der Waals surface area contributed by atoms with Crippen molar-refractivity contribution < 1.29 is 22.0 Å². The molecule has 1 aromatic carbocycles. The summed E-state index contributed by atoms with van der Waals surface area (Å²) >= 11 is 5.43. The first-order valence-electron chi connectivity index (χ1n) is 4.92. The van der Waals surface area contributed by atoms with Crippen molar-refractivity contribution in [2.75, 3.05) is 5.32 Å². The minimum atomic E-state index is -4.78. The maximum absolute atomic E-state index is 13.0. The van der Waals surface area contributed by atoms with Crippen LogP contribution >= 0.6 is 11.6 Å². The van der Waals surface area contributed by atoms with Gasteiger partial charge in [0.1, 0.15) is 11.7 Å². The lowest BCUT2D eigenvalue weighted by molar-refractivity contribution is -0.139. The minimum Gasteiger partial charge on any atom is -0.407 e. The van der Waals surface area contributed by atoms with Gasteiger partial charge in [0.15, 0.2) is 0 Å². The Morgan fingerprint density at radius 3 is 2.58 bits per heavy atom. The largest absolute Gasteiger partial charge is 0.419 e. The van der Waals surface area contributed by atoms with Crippen molar-refractivity contribution in [3.05, 3.63) is 35.5 Å². The number of alkyl halides is 4. The van der Waals surface area contributed by atoms with Crippen LogP contribution in [0.15, 0.2) is 22.6 Å². The van der Waals surface area contributed by atoms with E-state index in [4.69, 9.17) is 16.0 Å². The van der Waals surface area contributed by atoms with Crippen LogP contribution in [0.3, 0.4) is 0 Å². The van der Waals surface area contributed by atoms with E-state index in [2.05, 4.69) is 15.5 Å². The summed E-state index contributed by atoms with van der Waals surface area (Å²) in [6.45, 7) is 0. The molecule has 4 nitrogen and oxygen atoms in total. The van der Waals surface area contributed by atoms with E-state index in [0.29, 0.717) is 12.1 Å². The van der Waals surface area contributed by atoms with Crippen LogP contribution in [0.5, 0.6) is 0 Å². The predicted molar refractivity (Wildman–Crippen MR) is 58.5 cm³/mol. The molecule has 0 spiro atoms. The van der Waals surface area contributed by atoms with E-state index in [1.54, 1.807) is 0 Å². The van der Waals surface area contributed by atoms with E-state index in [9.17, 15) is 17.6 Å². The molecular formula is C10H6ClF4N3O. The number of aromatic nitrogens is 2. The molecule has 2 rings (SSSR count). The van der Waals surface area contributed by atoms with Gasteiger partial charge in [0, 0.05) is 5.69 Å². The van der Waals surface area contributed by atoms with E-state index in [0.717, 1.165) is 6.07 Å². The number of hydrogen-bond acceptors (Lipinski definition) is 4. The van der Waals surface area contributed by atoms with Crippen molar-refractivity contribution in [3.63, 3.8) is 0 Å². The van der Waals surface area contributed by atoms with Crippen molar-refractivity contribution in [3.8, 4) is 0 Å². The molecular weight excluding hydrogens is 290 g/mol. The van der Waals surface area contributed by atoms with Gasteiger partial charge in [0.2, 0.25) is 5.89 Å². The number of nitrogens with one attached hydrogen (secondary N) is 1. The normalized spacial score (nSPS) is 11.6. The topological polar surface area (TPSA) is 51.0 Å². The Morgan fingerprint density at radius 2 is 2.00 bits per heavy atom. The Bertz CT molecular complexity index is 584. The molecule has 0 saturated heterocycles. The highest BCUT2D eigenvalue weighted by atomic mass is 35.5. The molecule has 0 aliphatic heterocycles. The summed E-state index contributed by atoms with van der Waals surface area (Å²) in [6.07, 6.45) is -4.78. The van der Waals surface area contributed by atoms with E-state index >= 15 is 0 Å². The molecule has 1 N–H and O–H groups in total. The van der Waals surface area contributed by atoms with Crippen molar-refractivity contribution in [2.24, 2.45) is 0 Å². The molecule has 0 aliphatic carbocycles. The first-order valence-corrected chi connectivity index (χ1v) is 5.45. The maximum Gasteiger partial charge on any atom is 0.419 e. The molecule has 0 aliphatic rings. The van der Waals surface area contributed by atoms with Gasteiger partial charge in [-0.1, -0.05) is 5.10 Å². The van der Waals surface area contributed by atoms with Crippen LogP contribution in [-0.2, 0) is 12.1 Å². The summed E-state index contributed by atoms with van der Waals surface area (Å²) in [5.74, 6) is -1.27. The van der Waals surface area contributed by atoms with Gasteiger partial charge in [-0.05, 0) is 18.2 Å².